The number of carbonyl (C=O) groups excluding carboxylic acids is 1. The van der Waals surface area contributed by atoms with Crippen LogP contribution in [0.5, 0.6) is 0 Å². The summed E-state index contributed by atoms with van der Waals surface area (Å²) in [6, 6.07) is 3.67. The van der Waals surface area contributed by atoms with Crippen LogP contribution in [-0.2, 0) is 4.74 Å². The average Bonchev–Trinajstić information content (AvgIpc) is 2.33. The van der Waals surface area contributed by atoms with Crippen molar-refractivity contribution in [3.05, 3.63) is 33.9 Å². The Hall–Kier alpha value is -2.84. The maximum Gasteiger partial charge on any atom is 0.404 e. The number of aromatic carboxylic acids is 1. The van der Waals surface area contributed by atoms with Crippen LogP contribution >= 0.6 is 0 Å². The number of carbonyl (C=O) groups is 2. The lowest BCUT2D eigenvalue weighted by atomic mass is 10.1. The largest absolute Gasteiger partial charge is 0.478 e. The molecule has 9 heteroatoms. The number of carboxylic acids is 1. The first kappa shape index (κ1) is 14.2. The normalized spacial score (nSPS) is 9.68. The van der Waals surface area contributed by atoms with Gasteiger partial charge in [-0.2, -0.15) is 0 Å². The second-order valence-corrected chi connectivity index (χ2v) is 3.36. The molecular weight excluding hydrogens is 258 g/mol. The number of nitrogens with one attached hydrogen (secondary N) is 1. The maximum atomic E-state index is 11.0. The van der Waals surface area contributed by atoms with Gasteiger partial charge in [0.05, 0.1) is 10.5 Å². The van der Waals surface area contributed by atoms with Gasteiger partial charge in [0.2, 0.25) is 0 Å². The van der Waals surface area contributed by atoms with E-state index < -0.39 is 17.0 Å². The highest BCUT2D eigenvalue weighted by Gasteiger charge is 2.20. The van der Waals surface area contributed by atoms with Crippen molar-refractivity contribution in [3.8, 4) is 0 Å². The number of nitrogens with two attached hydrogens (primary N) is 1. The fourth-order valence-corrected chi connectivity index (χ4v) is 1.38. The molecule has 4 N–H and O–H groups in total. The molecule has 0 saturated carbocycles. The van der Waals surface area contributed by atoms with E-state index in [1.54, 1.807) is 0 Å². The zero-order valence-electron chi connectivity index (χ0n) is 9.66. The first-order valence-corrected chi connectivity index (χ1v) is 5.10. The number of hydrogen-bond donors (Lipinski definition) is 3. The number of nitro groups is 1. The molecule has 1 aromatic carbocycles. The Balaban J connectivity index is 2.92. The third kappa shape index (κ3) is 3.84. The zero-order valence-corrected chi connectivity index (χ0v) is 9.66. The smallest absolute Gasteiger partial charge is 0.404 e. The Kier molecular flexibility index (Phi) is 4.63. The van der Waals surface area contributed by atoms with E-state index in [0.29, 0.717) is 0 Å². The SMILES string of the molecule is NC(=O)OCCNc1c(C(=O)O)cccc1[N+](=O)[O-]. The number of rotatable bonds is 6. The van der Waals surface area contributed by atoms with E-state index in [4.69, 9.17) is 10.8 Å². The van der Waals surface area contributed by atoms with Gasteiger partial charge in [-0.1, -0.05) is 6.07 Å². The van der Waals surface area contributed by atoms with Gasteiger partial charge in [-0.05, 0) is 6.07 Å². The summed E-state index contributed by atoms with van der Waals surface area (Å²) in [5, 5.41) is 22.3. The Morgan fingerprint density at radius 1 is 1.47 bits per heavy atom. The van der Waals surface area contributed by atoms with E-state index in [9.17, 15) is 19.7 Å². The first-order chi connectivity index (χ1) is 8.93. The van der Waals surface area contributed by atoms with E-state index in [1.807, 2.05) is 0 Å². The molecule has 19 heavy (non-hydrogen) atoms. The van der Waals surface area contributed by atoms with Gasteiger partial charge in [-0.15, -0.1) is 0 Å². The standard InChI is InChI=1S/C10H11N3O6/c11-10(16)19-5-4-12-8-6(9(14)15)2-1-3-7(8)13(17)18/h1-3,12H,4-5H2,(H2,11,16)(H,14,15). The molecular formula is C10H11N3O6. The van der Waals surface area contributed by atoms with Gasteiger partial charge in [0.15, 0.2) is 0 Å². The minimum absolute atomic E-state index is 0.00588. The number of carboxylic acid groups (broad SMARTS) is 1. The third-order valence-electron chi connectivity index (χ3n) is 2.12. The van der Waals surface area contributed by atoms with Gasteiger partial charge < -0.3 is 20.9 Å². The van der Waals surface area contributed by atoms with Crippen LogP contribution in [0.1, 0.15) is 10.4 Å². The summed E-state index contributed by atoms with van der Waals surface area (Å²) in [5.41, 5.74) is 3.97. The quantitative estimate of drug-likeness (QED) is 0.393. The summed E-state index contributed by atoms with van der Waals surface area (Å²) < 4.78 is 4.42. The number of ether oxygens (including phenoxy) is 1. The topological polar surface area (TPSA) is 145 Å². The van der Waals surface area contributed by atoms with E-state index in [0.717, 1.165) is 0 Å². The number of para-hydroxylation sites is 1. The summed E-state index contributed by atoms with van der Waals surface area (Å²) in [5.74, 6) is -1.30. The summed E-state index contributed by atoms with van der Waals surface area (Å²) in [6.45, 7) is -0.144. The molecule has 0 spiro atoms. The first-order valence-electron chi connectivity index (χ1n) is 5.10. The third-order valence-corrected chi connectivity index (χ3v) is 2.12. The van der Waals surface area contributed by atoms with Crippen LogP contribution in [0.25, 0.3) is 0 Å². The predicted octanol–water partition coefficient (Wildman–Crippen LogP) is 0.800. The molecule has 0 radical (unpaired) electrons. The molecule has 0 aromatic heterocycles. The number of amides is 1. The van der Waals surface area contributed by atoms with Crippen molar-refractivity contribution in [2.45, 2.75) is 0 Å². The predicted molar refractivity (Wildman–Crippen MR) is 64.1 cm³/mol. The second kappa shape index (κ2) is 6.19. The van der Waals surface area contributed by atoms with Gasteiger partial charge >= 0.3 is 12.1 Å². The molecule has 0 heterocycles. The van der Waals surface area contributed by atoms with Crippen LogP contribution < -0.4 is 11.1 Å². The lowest BCUT2D eigenvalue weighted by Gasteiger charge is -2.09. The molecule has 0 aliphatic rings. The minimum Gasteiger partial charge on any atom is -0.478 e. The molecule has 0 aliphatic carbocycles. The van der Waals surface area contributed by atoms with Crippen molar-refractivity contribution in [2.75, 3.05) is 18.5 Å². The molecule has 9 nitrogen and oxygen atoms in total. The van der Waals surface area contributed by atoms with Crippen molar-refractivity contribution >= 4 is 23.4 Å². The summed E-state index contributed by atoms with van der Waals surface area (Å²) in [7, 11) is 0. The highest BCUT2D eigenvalue weighted by atomic mass is 16.6. The molecule has 102 valence electrons. The average molecular weight is 269 g/mol. The molecule has 0 atom stereocenters. The Bertz CT molecular complexity index is 484. The molecule has 0 bridgehead atoms. The van der Waals surface area contributed by atoms with Crippen LogP contribution in [-0.4, -0.2) is 35.2 Å². The molecule has 1 aromatic rings. The lowest BCUT2D eigenvalue weighted by Crippen LogP contribution is -2.19. The van der Waals surface area contributed by atoms with Crippen LogP contribution in [0.3, 0.4) is 0 Å². The van der Waals surface area contributed by atoms with Crippen molar-refractivity contribution in [2.24, 2.45) is 5.73 Å². The monoisotopic (exact) mass is 269 g/mol. The van der Waals surface area contributed by atoms with Crippen molar-refractivity contribution in [1.29, 1.82) is 0 Å². The number of nitrogens with zero attached hydrogens (tertiary/aromatic N) is 1. The molecule has 1 rings (SSSR count). The summed E-state index contributed by atoms with van der Waals surface area (Å²) in [4.78, 5) is 31.4. The molecule has 0 fully saturated rings. The summed E-state index contributed by atoms with van der Waals surface area (Å²) >= 11 is 0. The van der Waals surface area contributed by atoms with Gasteiger partial charge in [0.1, 0.15) is 12.3 Å². The minimum atomic E-state index is -1.30. The van der Waals surface area contributed by atoms with Crippen molar-refractivity contribution in [3.63, 3.8) is 0 Å². The van der Waals surface area contributed by atoms with Gasteiger partial charge in [0.25, 0.3) is 5.69 Å². The zero-order chi connectivity index (χ0) is 14.4. The second-order valence-electron chi connectivity index (χ2n) is 3.36. The van der Waals surface area contributed by atoms with E-state index in [1.165, 1.54) is 18.2 Å². The van der Waals surface area contributed by atoms with Crippen LogP contribution in [0.4, 0.5) is 16.2 Å². The van der Waals surface area contributed by atoms with E-state index in [2.05, 4.69) is 10.1 Å². The van der Waals surface area contributed by atoms with Gasteiger partial charge in [0, 0.05) is 12.6 Å². The van der Waals surface area contributed by atoms with Crippen molar-refractivity contribution in [1.82, 2.24) is 0 Å². The van der Waals surface area contributed by atoms with Crippen LogP contribution in [0, 0.1) is 10.1 Å². The Morgan fingerprint density at radius 2 is 2.16 bits per heavy atom. The van der Waals surface area contributed by atoms with E-state index >= 15 is 0 Å². The molecule has 0 unspecified atom stereocenters. The fourth-order valence-electron chi connectivity index (χ4n) is 1.38. The molecule has 1 amide bonds. The van der Waals surface area contributed by atoms with Gasteiger partial charge in [-0.3, -0.25) is 10.1 Å². The van der Waals surface area contributed by atoms with Crippen LogP contribution in [0.2, 0.25) is 0 Å². The molecule has 0 aliphatic heterocycles. The number of benzene rings is 1. The molecule has 0 saturated heterocycles. The maximum absolute atomic E-state index is 11.0. The lowest BCUT2D eigenvalue weighted by molar-refractivity contribution is -0.384. The highest BCUT2D eigenvalue weighted by Crippen LogP contribution is 2.28. The Labute approximate surface area is 107 Å². The number of hydrogen-bond acceptors (Lipinski definition) is 6. The number of anilines is 1. The highest BCUT2D eigenvalue weighted by molar-refractivity contribution is 5.96. The van der Waals surface area contributed by atoms with Crippen molar-refractivity contribution < 1.29 is 24.4 Å². The summed E-state index contributed by atoms with van der Waals surface area (Å²) in [6.07, 6.45) is -0.984. The fraction of sp³-hybridized carbons (Fsp3) is 0.200. The van der Waals surface area contributed by atoms with Gasteiger partial charge in [-0.25, -0.2) is 9.59 Å². The number of primary amides is 1. The van der Waals surface area contributed by atoms with Crippen LogP contribution in [0.15, 0.2) is 18.2 Å². The number of nitro benzene ring substituents is 1. The Morgan fingerprint density at radius 3 is 2.68 bits per heavy atom. The van der Waals surface area contributed by atoms with E-state index in [-0.39, 0.29) is 30.1 Å².